The summed E-state index contributed by atoms with van der Waals surface area (Å²) in [6.45, 7) is 3.05. The normalized spacial score (nSPS) is 10.6. The van der Waals surface area contributed by atoms with Gasteiger partial charge in [0.1, 0.15) is 0 Å². The minimum absolute atomic E-state index is 0.0564. The van der Waals surface area contributed by atoms with Crippen LogP contribution in [0.25, 0.3) is 10.2 Å². The number of amides is 1. The van der Waals surface area contributed by atoms with Crippen molar-refractivity contribution in [2.75, 3.05) is 25.0 Å². The summed E-state index contributed by atoms with van der Waals surface area (Å²) in [6, 6.07) is 5.39. The molecule has 3 N–H and O–H groups in total. The summed E-state index contributed by atoms with van der Waals surface area (Å²) in [5.74, 6) is -0.177. The van der Waals surface area contributed by atoms with Gasteiger partial charge in [0.05, 0.1) is 16.8 Å². The van der Waals surface area contributed by atoms with E-state index in [0.717, 1.165) is 21.9 Å². The molecule has 1 heterocycles. The van der Waals surface area contributed by atoms with Gasteiger partial charge in [0.2, 0.25) is 0 Å². The Balaban J connectivity index is 2.23. The molecular weight excluding hydrogens is 250 g/mol. The Morgan fingerprint density at radius 1 is 1.50 bits per heavy atom. The van der Waals surface area contributed by atoms with Crippen LogP contribution in [0.2, 0.25) is 0 Å². The van der Waals surface area contributed by atoms with Gasteiger partial charge in [0.15, 0.2) is 5.13 Å². The first-order chi connectivity index (χ1) is 8.74. The number of hydrogen-bond donors (Lipinski definition) is 3. The highest BCUT2D eigenvalue weighted by atomic mass is 32.1. The van der Waals surface area contributed by atoms with Gasteiger partial charge in [-0.15, -0.1) is 0 Å². The molecule has 0 radical (unpaired) electrons. The molecule has 1 amide bonds. The van der Waals surface area contributed by atoms with Crippen LogP contribution in [0.1, 0.15) is 17.3 Å². The molecule has 0 atom stereocenters. The van der Waals surface area contributed by atoms with Crippen LogP contribution in [0.3, 0.4) is 0 Å². The van der Waals surface area contributed by atoms with E-state index in [-0.39, 0.29) is 19.1 Å². The average Bonchev–Trinajstić information content (AvgIpc) is 2.77. The predicted molar refractivity (Wildman–Crippen MR) is 73.2 cm³/mol. The second-order valence-corrected chi connectivity index (χ2v) is 4.74. The molecular formula is C12H15N3O2S. The molecule has 0 aliphatic rings. The van der Waals surface area contributed by atoms with Crippen molar-refractivity contribution in [1.29, 1.82) is 0 Å². The molecule has 0 bridgehead atoms. The minimum atomic E-state index is -0.177. The van der Waals surface area contributed by atoms with Crippen LogP contribution in [0.15, 0.2) is 18.2 Å². The van der Waals surface area contributed by atoms with Gasteiger partial charge < -0.3 is 15.7 Å². The summed E-state index contributed by atoms with van der Waals surface area (Å²) in [7, 11) is 0. The van der Waals surface area contributed by atoms with Gasteiger partial charge in [-0.2, -0.15) is 0 Å². The SMILES string of the molecule is CCNc1nc2ccc(C(=O)NCCO)cc2s1. The van der Waals surface area contributed by atoms with Gasteiger partial charge in [-0.05, 0) is 25.1 Å². The molecule has 1 aromatic carbocycles. The quantitative estimate of drug-likeness (QED) is 0.765. The monoisotopic (exact) mass is 265 g/mol. The molecule has 0 saturated heterocycles. The van der Waals surface area contributed by atoms with Crippen molar-refractivity contribution in [1.82, 2.24) is 10.3 Å². The number of anilines is 1. The summed E-state index contributed by atoms with van der Waals surface area (Å²) in [4.78, 5) is 16.1. The maximum Gasteiger partial charge on any atom is 0.251 e. The Morgan fingerprint density at radius 2 is 2.33 bits per heavy atom. The smallest absolute Gasteiger partial charge is 0.251 e. The maximum absolute atomic E-state index is 11.7. The number of nitrogens with one attached hydrogen (secondary N) is 2. The number of thiazole rings is 1. The van der Waals surface area contributed by atoms with Crippen LogP contribution in [-0.4, -0.2) is 35.7 Å². The molecule has 18 heavy (non-hydrogen) atoms. The minimum Gasteiger partial charge on any atom is -0.395 e. The van der Waals surface area contributed by atoms with E-state index in [1.807, 2.05) is 19.1 Å². The van der Waals surface area contributed by atoms with Crippen molar-refractivity contribution in [2.24, 2.45) is 0 Å². The third-order valence-corrected chi connectivity index (χ3v) is 3.35. The van der Waals surface area contributed by atoms with Crippen molar-refractivity contribution in [3.05, 3.63) is 23.8 Å². The van der Waals surface area contributed by atoms with E-state index in [2.05, 4.69) is 15.6 Å². The van der Waals surface area contributed by atoms with Gasteiger partial charge in [0, 0.05) is 18.7 Å². The first kappa shape index (κ1) is 12.8. The molecule has 0 aliphatic heterocycles. The molecule has 0 unspecified atom stereocenters. The zero-order chi connectivity index (χ0) is 13.0. The molecule has 0 spiro atoms. The second-order valence-electron chi connectivity index (χ2n) is 3.71. The number of hydrogen-bond acceptors (Lipinski definition) is 5. The Morgan fingerprint density at radius 3 is 3.06 bits per heavy atom. The summed E-state index contributed by atoms with van der Waals surface area (Å²) < 4.78 is 0.975. The van der Waals surface area contributed by atoms with E-state index in [9.17, 15) is 4.79 Å². The summed E-state index contributed by atoms with van der Waals surface area (Å²) in [5.41, 5.74) is 1.47. The number of benzene rings is 1. The van der Waals surface area contributed by atoms with Gasteiger partial charge in [-0.25, -0.2) is 4.98 Å². The first-order valence-corrected chi connectivity index (χ1v) is 6.59. The number of aromatic nitrogens is 1. The van der Waals surface area contributed by atoms with Crippen LogP contribution in [-0.2, 0) is 0 Å². The maximum atomic E-state index is 11.7. The summed E-state index contributed by atoms with van der Waals surface area (Å²) in [5, 5.41) is 15.3. The van der Waals surface area contributed by atoms with E-state index in [1.54, 1.807) is 6.07 Å². The Labute approximate surface area is 109 Å². The lowest BCUT2D eigenvalue weighted by molar-refractivity contribution is 0.0945. The highest BCUT2D eigenvalue weighted by molar-refractivity contribution is 7.22. The molecule has 1 aromatic heterocycles. The van der Waals surface area contributed by atoms with Gasteiger partial charge in [0.25, 0.3) is 5.91 Å². The number of aliphatic hydroxyl groups excluding tert-OH is 1. The molecule has 6 heteroatoms. The zero-order valence-corrected chi connectivity index (χ0v) is 10.9. The lowest BCUT2D eigenvalue weighted by Crippen LogP contribution is -2.26. The summed E-state index contributed by atoms with van der Waals surface area (Å²) in [6.07, 6.45) is 0. The molecule has 5 nitrogen and oxygen atoms in total. The molecule has 2 rings (SSSR count). The fraction of sp³-hybridized carbons (Fsp3) is 0.333. The molecule has 0 fully saturated rings. The zero-order valence-electron chi connectivity index (χ0n) is 10.1. The summed E-state index contributed by atoms with van der Waals surface area (Å²) >= 11 is 1.53. The number of carbonyl (C=O) groups is 1. The van der Waals surface area contributed by atoms with Crippen molar-refractivity contribution < 1.29 is 9.90 Å². The van der Waals surface area contributed by atoms with Gasteiger partial charge >= 0.3 is 0 Å². The van der Waals surface area contributed by atoms with E-state index >= 15 is 0 Å². The lowest BCUT2D eigenvalue weighted by Gasteiger charge is -2.02. The van der Waals surface area contributed by atoms with Crippen molar-refractivity contribution in [3.8, 4) is 0 Å². The van der Waals surface area contributed by atoms with Crippen LogP contribution in [0.5, 0.6) is 0 Å². The number of carbonyl (C=O) groups excluding carboxylic acids is 1. The van der Waals surface area contributed by atoms with Gasteiger partial charge in [-0.1, -0.05) is 11.3 Å². The highest BCUT2D eigenvalue weighted by Crippen LogP contribution is 2.26. The standard InChI is InChI=1S/C12H15N3O2S/c1-2-13-12-15-9-4-3-8(7-10(9)18-12)11(17)14-5-6-16/h3-4,7,16H,2,5-6H2,1H3,(H,13,15)(H,14,17). The largest absolute Gasteiger partial charge is 0.395 e. The predicted octanol–water partition coefficient (Wildman–Crippen LogP) is 1.45. The third-order valence-electron chi connectivity index (χ3n) is 2.38. The fourth-order valence-corrected chi connectivity index (χ4v) is 2.54. The molecule has 96 valence electrons. The van der Waals surface area contributed by atoms with E-state index in [1.165, 1.54) is 11.3 Å². The molecule has 0 aliphatic carbocycles. The Kier molecular flexibility index (Phi) is 4.11. The number of rotatable bonds is 5. The van der Waals surface area contributed by atoms with Crippen LogP contribution < -0.4 is 10.6 Å². The molecule has 2 aromatic rings. The van der Waals surface area contributed by atoms with Gasteiger partial charge in [-0.3, -0.25) is 4.79 Å². The van der Waals surface area contributed by atoms with Crippen LogP contribution in [0.4, 0.5) is 5.13 Å². The fourth-order valence-electron chi connectivity index (χ4n) is 1.56. The average molecular weight is 265 g/mol. The number of fused-ring (bicyclic) bond motifs is 1. The second kappa shape index (κ2) is 5.79. The third kappa shape index (κ3) is 2.77. The van der Waals surface area contributed by atoms with Crippen molar-refractivity contribution in [2.45, 2.75) is 6.92 Å². The Bertz CT molecular complexity index is 553. The number of aliphatic hydroxyl groups is 1. The topological polar surface area (TPSA) is 74.2 Å². The highest BCUT2D eigenvalue weighted by Gasteiger charge is 2.08. The van der Waals surface area contributed by atoms with Crippen molar-refractivity contribution >= 4 is 32.6 Å². The van der Waals surface area contributed by atoms with E-state index < -0.39 is 0 Å². The lowest BCUT2D eigenvalue weighted by atomic mass is 10.2. The van der Waals surface area contributed by atoms with Crippen LogP contribution >= 0.6 is 11.3 Å². The Hall–Kier alpha value is -1.66. The molecule has 0 saturated carbocycles. The van der Waals surface area contributed by atoms with E-state index in [4.69, 9.17) is 5.11 Å². The van der Waals surface area contributed by atoms with E-state index in [0.29, 0.717) is 5.56 Å². The number of nitrogens with zero attached hydrogens (tertiary/aromatic N) is 1. The first-order valence-electron chi connectivity index (χ1n) is 5.78. The van der Waals surface area contributed by atoms with Crippen LogP contribution in [0, 0.1) is 0 Å². The van der Waals surface area contributed by atoms with Crippen molar-refractivity contribution in [3.63, 3.8) is 0 Å².